The molecule has 1 N–H and O–H groups in total. The Hall–Kier alpha value is -0.870. The first-order valence-corrected chi connectivity index (χ1v) is 4.96. The monoisotopic (exact) mass is 197 g/mol. The first-order chi connectivity index (χ1) is 6.74. The maximum atomic E-state index is 5.32. The molecule has 0 aliphatic rings. The third-order valence-corrected chi connectivity index (χ3v) is 2.52. The fourth-order valence-corrected chi connectivity index (χ4v) is 1.63. The van der Waals surface area contributed by atoms with Crippen LogP contribution >= 0.6 is 0 Å². The van der Waals surface area contributed by atoms with Crippen molar-refractivity contribution in [1.82, 2.24) is 15.1 Å². The van der Waals surface area contributed by atoms with Crippen molar-refractivity contribution in [3.63, 3.8) is 0 Å². The quantitative estimate of drug-likeness (QED) is 0.771. The molecular formula is C10H19N3O. The first kappa shape index (κ1) is 11.2. The van der Waals surface area contributed by atoms with Gasteiger partial charge in [0.25, 0.3) is 0 Å². The Kier molecular flexibility index (Phi) is 4.10. The zero-order valence-corrected chi connectivity index (χ0v) is 9.32. The van der Waals surface area contributed by atoms with Crippen LogP contribution in [0.5, 0.6) is 0 Å². The Morgan fingerprint density at radius 1 is 1.64 bits per heavy atom. The van der Waals surface area contributed by atoms with E-state index >= 15 is 0 Å². The lowest BCUT2D eigenvalue weighted by atomic mass is 10.1. The van der Waals surface area contributed by atoms with Crippen molar-refractivity contribution in [1.29, 1.82) is 0 Å². The van der Waals surface area contributed by atoms with Crippen molar-refractivity contribution in [2.45, 2.75) is 32.5 Å². The summed E-state index contributed by atoms with van der Waals surface area (Å²) in [5.41, 5.74) is 1.17. The third kappa shape index (κ3) is 2.13. The minimum atomic E-state index is 0.141. The van der Waals surface area contributed by atoms with Crippen LogP contribution in [0, 0.1) is 0 Å². The number of likely N-dealkylation sites (N-methyl/N-ethyl adjacent to an activating group) is 1. The van der Waals surface area contributed by atoms with E-state index in [9.17, 15) is 0 Å². The number of hydrogen-bond acceptors (Lipinski definition) is 3. The van der Waals surface area contributed by atoms with Gasteiger partial charge in [-0.25, -0.2) is 0 Å². The van der Waals surface area contributed by atoms with Crippen LogP contribution in [-0.2, 0) is 11.3 Å². The molecule has 0 fully saturated rings. The fourth-order valence-electron chi connectivity index (χ4n) is 1.63. The summed E-state index contributed by atoms with van der Waals surface area (Å²) in [6, 6.07) is 2.22. The van der Waals surface area contributed by atoms with Crippen molar-refractivity contribution in [3.8, 4) is 0 Å². The fraction of sp³-hybridized carbons (Fsp3) is 0.700. The van der Waals surface area contributed by atoms with Crippen LogP contribution in [0.2, 0.25) is 0 Å². The van der Waals surface area contributed by atoms with E-state index in [1.807, 2.05) is 30.9 Å². The molecule has 0 aromatic carbocycles. The Bertz CT molecular complexity index is 272. The van der Waals surface area contributed by atoms with E-state index in [2.05, 4.69) is 17.3 Å². The highest BCUT2D eigenvalue weighted by atomic mass is 16.5. The molecule has 2 atom stereocenters. The lowest BCUT2D eigenvalue weighted by Gasteiger charge is -2.22. The van der Waals surface area contributed by atoms with Crippen molar-refractivity contribution in [2.24, 2.45) is 0 Å². The van der Waals surface area contributed by atoms with Gasteiger partial charge in [0, 0.05) is 19.9 Å². The van der Waals surface area contributed by atoms with Gasteiger partial charge in [0.15, 0.2) is 0 Å². The summed E-state index contributed by atoms with van der Waals surface area (Å²) in [7, 11) is 3.66. The molecule has 0 saturated heterocycles. The first-order valence-electron chi connectivity index (χ1n) is 4.96. The summed E-state index contributed by atoms with van der Waals surface area (Å²) >= 11 is 0. The Labute approximate surface area is 85.3 Å². The highest BCUT2D eigenvalue weighted by Crippen LogP contribution is 2.17. The van der Waals surface area contributed by atoms with E-state index in [0.29, 0.717) is 0 Å². The summed E-state index contributed by atoms with van der Waals surface area (Å²) in [6.45, 7) is 5.02. The molecule has 0 saturated carbocycles. The second-order valence-corrected chi connectivity index (χ2v) is 3.28. The van der Waals surface area contributed by atoms with Crippen molar-refractivity contribution < 1.29 is 4.74 Å². The van der Waals surface area contributed by atoms with Gasteiger partial charge < -0.3 is 10.1 Å². The van der Waals surface area contributed by atoms with Gasteiger partial charge >= 0.3 is 0 Å². The minimum absolute atomic E-state index is 0.141. The molecular weight excluding hydrogens is 178 g/mol. The molecule has 14 heavy (non-hydrogen) atoms. The van der Waals surface area contributed by atoms with E-state index in [-0.39, 0.29) is 12.1 Å². The normalized spacial score (nSPS) is 15.4. The maximum absolute atomic E-state index is 5.32. The molecule has 1 rings (SSSR count). The van der Waals surface area contributed by atoms with Crippen molar-refractivity contribution >= 4 is 0 Å². The highest BCUT2D eigenvalue weighted by Gasteiger charge is 2.20. The summed E-state index contributed by atoms with van der Waals surface area (Å²) in [4.78, 5) is 0. The van der Waals surface area contributed by atoms with Crippen molar-refractivity contribution in [3.05, 3.63) is 18.0 Å². The van der Waals surface area contributed by atoms with Crippen LogP contribution < -0.4 is 5.32 Å². The van der Waals surface area contributed by atoms with Gasteiger partial charge in [-0.05, 0) is 27.0 Å². The molecule has 0 aliphatic carbocycles. The van der Waals surface area contributed by atoms with Crippen LogP contribution in [0.25, 0.3) is 0 Å². The maximum Gasteiger partial charge on any atom is 0.0753 e. The third-order valence-electron chi connectivity index (χ3n) is 2.52. The summed E-state index contributed by atoms with van der Waals surface area (Å²) < 4.78 is 7.31. The number of hydrogen-bond donors (Lipinski definition) is 1. The molecule has 4 nitrogen and oxygen atoms in total. The molecule has 2 unspecified atom stereocenters. The number of rotatable bonds is 5. The Morgan fingerprint density at radius 3 is 2.86 bits per heavy atom. The number of methoxy groups -OCH3 is 1. The van der Waals surface area contributed by atoms with Crippen molar-refractivity contribution in [2.75, 3.05) is 14.2 Å². The number of aryl methyl sites for hydroxylation is 1. The van der Waals surface area contributed by atoms with Crippen LogP contribution in [-0.4, -0.2) is 30.0 Å². The van der Waals surface area contributed by atoms with E-state index in [0.717, 1.165) is 6.54 Å². The number of ether oxygens (including phenoxy) is 1. The van der Waals surface area contributed by atoms with E-state index < -0.39 is 0 Å². The van der Waals surface area contributed by atoms with Crippen LogP contribution in [0.1, 0.15) is 25.6 Å². The zero-order chi connectivity index (χ0) is 10.6. The van der Waals surface area contributed by atoms with Crippen LogP contribution in [0.15, 0.2) is 12.3 Å². The predicted molar refractivity (Wildman–Crippen MR) is 56.2 cm³/mol. The highest BCUT2D eigenvalue weighted by molar-refractivity contribution is 5.08. The molecule has 1 heterocycles. The molecule has 0 bridgehead atoms. The lowest BCUT2D eigenvalue weighted by Crippen LogP contribution is -2.30. The number of nitrogens with zero attached hydrogens (tertiary/aromatic N) is 2. The van der Waals surface area contributed by atoms with E-state index in [1.165, 1.54) is 5.69 Å². The second kappa shape index (κ2) is 5.12. The Morgan fingerprint density at radius 2 is 2.36 bits per heavy atom. The molecule has 1 aromatic rings. The second-order valence-electron chi connectivity index (χ2n) is 3.28. The van der Waals surface area contributed by atoms with Gasteiger partial charge in [-0.1, -0.05) is 0 Å². The van der Waals surface area contributed by atoms with E-state index in [1.54, 1.807) is 7.11 Å². The SMILES string of the molecule is CCn1nccc1C(NC)C(C)OC. The summed E-state index contributed by atoms with van der Waals surface area (Å²) in [6.07, 6.45) is 1.97. The summed E-state index contributed by atoms with van der Waals surface area (Å²) in [5.74, 6) is 0. The Balaban J connectivity index is 2.88. The predicted octanol–water partition coefficient (Wildman–Crippen LogP) is 1.20. The van der Waals surface area contributed by atoms with Gasteiger partial charge in [0.2, 0.25) is 0 Å². The van der Waals surface area contributed by atoms with Gasteiger partial charge in [-0.2, -0.15) is 5.10 Å². The molecule has 0 spiro atoms. The lowest BCUT2D eigenvalue weighted by molar-refractivity contribution is 0.0827. The van der Waals surface area contributed by atoms with Crippen LogP contribution in [0.3, 0.4) is 0 Å². The number of nitrogens with one attached hydrogen (secondary N) is 1. The average Bonchev–Trinajstić information content (AvgIpc) is 2.66. The molecule has 80 valence electrons. The van der Waals surface area contributed by atoms with E-state index in [4.69, 9.17) is 4.74 Å². The largest absolute Gasteiger partial charge is 0.380 e. The molecule has 4 heteroatoms. The van der Waals surface area contributed by atoms with Gasteiger partial charge in [-0.3, -0.25) is 4.68 Å². The molecule has 0 amide bonds. The minimum Gasteiger partial charge on any atom is -0.380 e. The molecule has 1 aromatic heterocycles. The van der Waals surface area contributed by atoms with Crippen LogP contribution in [0.4, 0.5) is 0 Å². The number of aromatic nitrogens is 2. The average molecular weight is 197 g/mol. The zero-order valence-electron chi connectivity index (χ0n) is 9.32. The topological polar surface area (TPSA) is 39.1 Å². The van der Waals surface area contributed by atoms with Gasteiger partial charge in [0.1, 0.15) is 0 Å². The smallest absolute Gasteiger partial charge is 0.0753 e. The standard InChI is InChI=1S/C10H19N3O/c1-5-13-9(6-7-12-13)10(11-3)8(2)14-4/h6-8,10-11H,5H2,1-4H3. The summed E-state index contributed by atoms with van der Waals surface area (Å²) in [5, 5.41) is 7.49. The van der Waals surface area contributed by atoms with Gasteiger partial charge in [-0.15, -0.1) is 0 Å². The molecule has 0 aliphatic heterocycles. The van der Waals surface area contributed by atoms with Gasteiger partial charge in [0.05, 0.1) is 17.8 Å². The molecule has 0 radical (unpaired) electrons.